The van der Waals surface area contributed by atoms with Gasteiger partial charge in [-0.15, -0.1) is 0 Å². The summed E-state index contributed by atoms with van der Waals surface area (Å²) in [5.74, 6) is 0.168. The first kappa shape index (κ1) is 17.8. The van der Waals surface area contributed by atoms with Crippen molar-refractivity contribution in [2.45, 2.75) is 0 Å². The first-order chi connectivity index (χ1) is 10.1. The number of nitrogens with zero attached hydrogens (tertiary/aromatic N) is 2. The molecule has 1 aromatic carbocycles. The van der Waals surface area contributed by atoms with Gasteiger partial charge in [-0.2, -0.15) is 9.67 Å². The van der Waals surface area contributed by atoms with Gasteiger partial charge in [0, 0.05) is 23.7 Å². The number of hydrogen-bond donors (Lipinski definition) is 3. The molecule has 0 saturated heterocycles. The number of aryl methyl sites for hydroxylation is 1. The third kappa shape index (κ3) is 5.63. The van der Waals surface area contributed by atoms with Crippen molar-refractivity contribution in [2.24, 2.45) is 12.1 Å². The first-order valence-electron chi connectivity index (χ1n) is 6.15. The lowest BCUT2D eigenvalue weighted by Gasteiger charge is -2.02. The van der Waals surface area contributed by atoms with Crippen LogP contribution < -0.4 is 27.1 Å². The molecule has 116 valence electrons. The highest BCUT2D eigenvalue weighted by atomic mass is 35.5. The summed E-state index contributed by atoms with van der Waals surface area (Å²) in [5, 5.41) is 12.8. The zero-order valence-electron chi connectivity index (χ0n) is 11.7. The number of aromatic hydroxyl groups is 1. The molecule has 0 radical (unpaired) electrons. The molecule has 0 unspecified atom stereocenters. The number of rotatable bonds is 4. The molecule has 0 fully saturated rings. The number of carbonyl (C=O) groups excluding carboxylic acids is 1. The second kappa shape index (κ2) is 8.91. The summed E-state index contributed by atoms with van der Waals surface area (Å²) in [4.78, 5) is 11.6. The van der Waals surface area contributed by atoms with Crippen LogP contribution in [0.4, 0.5) is 10.5 Å². The van der Waals surface area contributed by atoms with E-state index in [1.165, 1.54) is 6.21 Å². The highest BCUT2D eigenvalue weighted by molar-refractivity contribution is 8.14. The van der Waals surface area contributed by atoms with Crippen LogP contribution in [0.15, 0.2) is 53.8 Å². The van der Waals surface area contributed by atoms with Crippen molar-refractivity contribution in [3.63, 3.8) is 0 Å². The van der Waals surface area contributed by atoms with Crippen LogP contribution >= 0.6 is 11.9 Å². The van der Waals surface area contributed by atoms with Crippen LogP contribution in [0.3, 0.4) is 0 Å². The Labute approximate surface area is 138 Å². The smallest absolute Gasteiger partial charge is 0.319 e. The van der Waals surface area contributed by atoms with Gasteiger partial charge >= 0.3 is 5.24 Å². The number of pyridine rings is 1. The van der Waals surface area contributed by atoms with Gasteiger partial charge in [-0.1, -0.05) is 18.2 Å². The summed E-state index contributed by atoms with van der Waals surface area (Å²) in [6.45, 7) is 0. The summed E-state index contributed by atoms with van der Waals surface area (Å²) in [6.07, 6.45) is 3.05. The van der Waals surface area contributed by atoms with Crippen molar-refractivity contribution in [1.82, 2.24) is 5.43 Å². The average molecular weight is 339 g/mol. The molecule has 6 nitrogen and oxygen atoms in total. The van der Waals surface area contributed by atoms with Crippen LogP contribution in [0.2, 0.25) is 0 Å². The normalized spacial score (nSPS) is 10.0. The fourth-order valence-electron chi connectivity index (χ4n) is 1.52. The van der Waals surface area contributed by atoms with Gasteiger partial charge in [-0.25, -0.2) is 5.43 Å². The lowest BCUT2D eigenvalue weighted by Crippen LogP contribution is -3.00. The van der Waals surface area contributed by atoms with Gasteiger partial charge < -0.3 is 22.2 Å². The molecule has 2 rings (SSSR count). The number of carbonyl (C=O) groups is 1. The zero-order chi connectivity index (χ0) is 15.1. The van der Waals surface area contributed by atoms with Gasteiger partial charge in [0.25, 0.3) is 0 Å². The van der Waals surface area contributed by atoms with Crippen LogP contribution in [0.1, 0.15) is 5.69 Å². The Morgan fingerprint density at radius 2 is 2.00 bits per heavy atom. The van der Waals surface area contributed by atoms with Crippen molar-refractivity contribution in [2.75, 3.05) is 4.72 Å². The van der Waals surface area contributed by atoms with E-state index < -0.39 is 0 Å². The number of halogens is 1. The van der Waals surface area contributed by atoms with Gasteiger partial charge in [0.15, 0.2) is 5.75 Å². The highest BCUT2D eigenvalue weighted by Crippen LogP contribution is 2.11. The fraction of sp³-hybridized carbons (Fsp3) is 0.0714. The molecule has 8 heteroatoms. The van der Waals surface area contributed by atoms with E-state index in [1.807, 2.05) is 30.3 Å². The molecule has 0 bridgehead atoms. The zero-order valence-corrected chi connectivity index (χ0v) is 13.3. The summed E-state index contributed by atoms with van der Waals surface area (Å²) < 4.78 is 4.60. The van der Waals surface area contributed by atoms with E-state index in [0.29, 0.717) is 0 Å². The molecule has 0 aliphatic heterocycles. The maximum absolute atomic E-state index is 11.6. The van der Waals surface area contributed by atoms with Crippen LogP contribution in [-0.4, -0.2) is 16.6 Å². The van der Waals surface area contributed by atoms with E-state index in [4.69, 9.17) is 0 Å². The maximum atomic E-state index is 11.6. The predicted octanol–water partition coefficient (Wildman–Crippen LogP) is -0.975. The molecule has 0 atom stereocenters. The van der Waals surface area contributed by atoms with E-state index in [-0.39, 0.29) is 23.4 Å². The van der Waals surface area contributed by atoms with E-state index >= 15 is 0 Å². The topological polar surface area (TPSA) is 77.6 Å². The summed E-state index contributed by atoms with van der Waals surface area (Å²) in [6, 6.07) is 12.6. The van der Waals surface area contributed by atoms with E-state index in [0.717, 1.165) is 23.3 Å². The van der Waals surface area contributed by atoms with Crippen molar-refractivity contribution in [3.8, 4) is 5.75 Å². The molecular weight excluding hydrogens is 324 g/mol. The van der Waals surface area contributed by atoms with Gasteiger partial charge in [-0.05, 0) is 18.2 Å². The standard InChI is InChI=1S/C14H14N4O2S.ClH/c1-18-10-13(19)8-7-12(18)9-15-16-14(20)21-17-11-5-3-2-4-6-11;/h2-10,17,19H,1H3;1H. The molecule has 1 amide bonds. The van der Waals surface area contributed by atoms with E-state index in [2.05, 4.69) is 15.2 Å². The second-order valence-corrected chi connectivity index (χ2v) is 4.93. The number of nitrogens with one attached hydrogen (secondary N) is 2. The molecule has 2 aromatic rings. The number of anilines is 1. The molecular formula is C14H15ClN4O2S. The number of amides is 1. The third-order valence-corrected chi connectivity index (χ3v) is 3.16. The summed E-state index contributed by atoms with van der Waals surface area (Å²) in [7, 11) is 1.77. The van der Waals surface area contributed by atoms with Crippen LogP contribution in [0.5, 0.6) is 5.75 Å². The summed E-state index contributed by atoms with van der Waals surface area (Å²) >= 11 is 0.911. The van der Waals surface area contributed by atoms with Crippen molar-refractivity contribution >= 4 is 29.1 Å². The van der Waals surface area contributed by atoms with Gasteiger partial charge in [0.1, 0.15) is 13.3 Å². The molecule has 0 aliphatic carbocycles. The predicted molar refractivity (Wildman–Crippen MR) is 83.1 cm³/mol. The Morgan fingerprint density at radius 1 is 1.27 bits per heavy atom. The van der Waals surface area contributed by atoms with Crippen molar-refractivity contribution < 1.29 is 26.9 Å². The molecule has 1 heterocycles. The van der Waals surface area contributed by atoms with Crippen molar-refractivity contribution in [3.05, 3.63) is 54.4 Å². The Kier molecular flexibility index (Phi) is 7.21. The monoisotopic (exact) mass is 338 g/mol. The summed E-state index contributed by atoms with van der Waals surface area (Å²) in [5.41, 5.74) is 3.98. The first-order valence-corrected chi connectivity index (χ1v) is 6.96. The molecule has 0 saturated carbocycles. The lowest BCUT2D eigenvalue weighted by atomic mass is 10.3. The Hall–Kier alpha value is -2.25. The van der Waals surface area contributed by atoms with Gasteiger partial charge in [0.2, 0.25) is 11.9 Å². The van der Waals surface area contributed by atoms with Crippen LogP contribution in [0.25, 0.3) is 0 Å². The highest BCUT2D eigenvalue weighted by Gasteiger charge is 2.05. The quantitative estimate of drug-likeness (QED) is 0.290. The number of hydrazone groups is 1. The molecule has 22 heavy (non-hydrogen) atoms. The number of benzene rings is 1. The number of aromatic nitrogens is 1. The van der Waals surface area contributed by atoms with Crippen molar-refractivity contribution in [1.29, 1.82) is 0 Å². The Morgan fingerprint density at radius 3 is 2.68 bits per heavy atom. The molecule has 0 aliphatic rings. The van der Waals surface area contributed by atoms with E-state index in [1.54, 1.807) is 29.9 Å². The third-order valence-electron chi connectivity index (χ3n) is 2.55. The van der Waals surface area contributed by atoms with Crippen LogP contribution in [-0.2, 0) is 7.05 Å². The minimum Gasteiger partial charge on any atom is -1.00 e. The Bertz CT molecular complexity index is 653. The average Bonchev–Trinajstić information content (AvgIpc) is 2.48. The number of para-hydroxylation sites is 1. The minimum absolute atomic E-state index is 0. The molecule has 0 spiro atoms. The SMILES string of the molecule is C[n+]1cc(O)ccc1/C=N/NC(=O)SNc1ccccc1.[Cl-]. The maximum Gasteiger partial charge on any atom is 0.319 e. The lowest BCUT2D eigenvalue weighted by molar-refractivity contribution is -0.672. The fourth-order valence-corrected chi connectivity index (χ4v) is 1.97. The molecule has 1 aromatic heterocycles. The largest absolute Gasteiger partial charge is 1.00 e. The van der Waals surface area contributed by atoms with E-state index in [9.17, 15) is 9.90 Å². The van der Waals surface area contributed by atoms with Crippen LogP contribution in [0, 0.1) is 0 Å². The van der Waals surface area contributed by atoms with Gasteiger partial charge in [-0.3, -0.25) is 4.79 Å². The Balaban J connectivity index is 0.00000242. The number of hydrogen-bond acceptors (Lipinski definition) is 5. The van der Waals surface area contributed by atoms with Gasteiger partial charge in [0.05, 0.1) is 0 Å². The molecule has 3 N–H and O–H groups in total. The second-order valence-electron chi connectivity index (χ2n) is 4.15. The minimum atomic E-state index is -0.323.